The highest BCUT2D eigenvalue weighted by atomic mass is 32.2. The minimum atomic E-state index is -1.30. The van der Waals surface area contributed by atoms with E-state index >= 15 is 0 Å². The molecule has 126 valence electrons. The highest BCUT2D eigenvalue weighted by Crippen LogP contribution is 2.31. The van der Waals surface area contributed by atoms with Crippen LogP contribution in [0.3, 0.4) is 0 Å². The third-order valence-electron chi connectivity index (χ3n) is 3.42. The summed E-state index contributed by atoms with van der Waals surface area (Å²) in [6.45, 7) is 7.35. The molecule has 2 rings (SSSR count). The lowest BCUT2D eigenvalue weighted by molar-refractivity contribution is 0.402. The van der Waals surface area contributed by atoms with Gasteiger partial charge in [0.15, 0.2) is 11.6 Å². The van der Waals surface area contributed by atoms with E-state index in [0.29, 0.717) is 16.3 Å². The standard InChI is InChI=1S/C16H20F2N2O2S/c1-9(20-23(21)16(2,3)4)12-8-19-15(22-5)11-7-14(18)13(17)6-10(11)12/h6-9,20H,1-5H3/t9-,23+/m1/s1. The van der Waals surface area contributed by atoms with Gasteiger partial charge in [-0.2, -0.15) is 0 Å². The van der Waals surface area contributed by atoms with Crippen LogP contribution in [-0.4, -0.2) is 21.0 Å². The number of aromatic nitrogens is 1. The summed E-state index contributed by atoms with van der Waals surface area (Å²) in [7, 11) is 0.111. The number of hydrogen-bond acceptors (Lipinski definition) is 3. The predicted molar refractivity (Wildman–Crippen MR) is 87.7 cm³/mol. The van der Waals surface area contributed by atoms with E-state index in [4.69, 9.17) is 4.74 Å². The number of benzene rings is 1. The van der Waals surface area contributed by atoms with Crippen LogP contribution >= 0.6 is 0 Å². The van der Waals surface area contributed by atoms with Crippen LogP contribution in [0, 0.1) is 11.6 Å². The van der Waals surface area contributed by atoms with E-state index in [1.165, 1.54) is 13.3 Å². The van der Waals surface area contributed by atoms with E-state index in [-0.39, 0.29) is 11.9 Å². The smallest absolute Gasteiger partial charge is 0.221 e. The van der Waals surface area contributed by atoms with Crippen molar-refractivity contribution in [2.45, 2.75) is 38.5 Å². The van der Waals surface area contributed by atoms with Gasteiger partial charge in [0.1, 0.15) is 0 Å². The Bertz CT molecular complexity index is 760. The van der Waals surface area contributed by atoms with Gasteiger partial charge < -0.3 is 4.74 Å². The molecule has 0 spiro atoms. The Labute approximate surface area is 136 Å². The van der Waals surface area contributed by atoms with Crippen molar-refractivity contribution in [2.24, 2.45) is 0 Å². The number of nitrogens with one attached hydrogen (secondary N) is 1. The maximum Gasteiger partial charge on any atom is 0.221 e. The van der Waals surface area contributed by atoms with Crippen molar-refractivity contribution in [3.63, 3.8) is 0 Å². The number of methoxy groups -OCH3 is 1. The van der Waals surface area contributed by atoms with Crippen LogP contribution in [0.4, 0.5) is 8.78 Å². The first kappa shape index (κ1) is 17.7. The zero-order chi connectivity index (χ0) is 17.4. The van der Waals surface area contributed by atoms with E-state index in [2.05, 4.69) is 9.71 Å². The average molecular weight is 342 g/mol. The van der Waals surface area contributed by atoms with Gasteiger partial charge in [0.05, 0.1) is 22.8 Å². The molecule has 0 fully saturated rings. The number of halogens is 2. The van der Waals surface area contributed by atoms with Crippen LogP contribution in [0.2, 0.25) is 0 Å². The lowest BCUT2D eigenvalue weighted by atomic mass is 10.0. The summed E-state index contributed by atoms with van der Waals surface area (Å²) in [6.07, 6.45) is 1.52. The molecule has 0 aliphatic heterocycles. The zero-order valence-corrected chi connectivity index (χ0v) is 14.6. The molecule has 0 bridgehead atoms. The summed E-state index contributed by atoms with van der Waals surface area (Å²) in [4.78, 5) is 4.14. The molecular weight excluding hydrogens is 322 g/mol. The quantitative estimate of drug-likeness (QED) is 0.923. The maximum atomic E-state index is 13.7. The second kappa shape index (κ2) is 6.49. The molecule has 1 heterocycles. The molecule has 0 aliphatic carbocycles. The van der Waals surface area contributed by atoms with E-state index in [1.807, 2.05) is 20.8 Å². The molecule has 0 amide bonds. The maximum absolute atomic E-state index is 13.7. The molecule has 7 heteroatoms. The molecule has 1 aromatic heterocycles. The Kier molecular flexibility index (Phi) is 5.01. The Morgan fingerprint density at radius 3 is 2.30 bits per heavy atom. The molecule has 0 radical (unpaired) electrons. The van der Waals surface area contributed by atoms with Gasteiger partial charge in [-0.3, -0.25) is 0 Å². The van der Waals surface area contributed by atoms with Gasteiger partial charge in [-0.05, 0) is 50.8 Å². The summed E-state index contributed by atoms with van der Waals surface area (Å²) in [6, 6.07) is 1.82. The van der Waals surface area contributed by atoms with Gasteiger partial charge >= 0.3 is 0 Å². The Morgan fingerprint density at radius 2 is 1.78 bits per heavy atom. The summed E-state index contributed by atoms with van der Waals surface area (Å²) in [5.41, 5.74) is 0.622. The molecule has 2 atom stereocenters. The van der Waals surface area contributed by atoms with Crippen LogP contribution < -0.4 is 9.46 Å². The van der Waals surface area contributed by atoms with E-state index in [9.17, 15) is 13.0 Å². The topological polar surface area (TPSA) is 51.2 Å². The van der Waals surface area contributed by atoms with Crippen LogP contribution in [0.1, 0.15) is 39.3 Å². The van der Waals surface area contributed by atoms with Gasteiger partial charge in [-0.1, -0.05) is 0 Å². The highest BCUT2D eigenvalue weighted by molar-refractivity contribution is 7.84. The fourth-order valence-corrected chi connectivity index (χ4v) is 2.94. The van der Waals surface area contributed by atoms with Gasteiger partial charge in [0.25, 0.3) is 0 Å². The summed E-state index contributed by atoms with van der Waals surface area (Å²) >= 11 is 0. The molecule has 1 N–H and O–H groups in total. The lowest BCUT2D eigenvalue weighted by Gasteiger charge is -2.23. The fraction of sp³-hybridized carbons (Fsp3) is 0.438. The third-order valence-corrected chi connectivity index (χ3v) is 5.10. The second-order valence-electron chi connectivity index (χ2n) is 6.26. The number of nitrogens with zero attached hydrogens (tertiary/aromatic N) is 1. The highest BCUT2D eigenvalue weighted by Gasteiger charge is 2.23. The molecular formula is C16H20F2N2O2S. The first-order valence-corrected chi connectivity index (χ1v) is 8.29. The normalized spacial score (nSPS) is 14.7. The van der Waals surface area contributed by atoms with E-state index in [1.54, 1.807) is 6.92 Å². The van der Waals surface area contributed by atoms with Crippen molar-refractivity contribution in [2.75, 3.05) is 7.11 Å². The number of ether oxygens (including phenoxy) is 1. The van der Waals surface area contributed by atoms with Crippen molar-refractivity contribution < 1.29 is 17.7 Å². The molecule has 0 saturated heterocycles. The molecule has 0 aliphatic rings. The number of hydrogen-bond donors (Lipinski definition) is 1. The van der Waals surface area contributed by atoms with Gasteiger partial charge in [-0.15, -0.1) is 0 Å². The molecule has 1 aromatic carbocycles. The second-order valence-corrected chi connectivity index (χ2v) is 8.25. The number of rotatable bonds is 4. The van der Waals surface area contributed by atoms with Crippen LogP contribution in [-0.2, 0) is 11.0 Å². The van der Waals surface area contributed by atoms with Gasteiger partial charge in [0, 0.05) is 17.6 Å². The van der Waals surface area contributed by atoms with Gasteiger partial charge in [0.2, 0.25) is 5.88 Å². The molecule has 4 nitrogen and oxygen atoms in total. The Morgan fingerprint density at radius 1 is 1.22 bits per heavy atom. The van der Waals surface area contributed by atoms with Crippen molar-refractivity contribution in [1.82, 2.24) is 9.71 Å². The molecule has 0 unspecified atom stereocenters. The minimum absolute atomic E-state index is 0.215. The fourth-order valence-electron chi connectivity index (χ4n) is 2.14. The number of fused-ring (bicyclic) bond motifs is 1. The predicted octanol–water partition coefficient (Wildman–Crippen LogP) is 3.63. The lowest BCUT2D eigenvalue weighted by Crippen LogP contribution is -2.34. The summed E-state index contributed by atoms with van der Waals surface area (Å²) in [5.74, 6) is -1.70. The summed E-state index contributed by atoms with van der Waals surface area (Å²) < 4.78 is 47.1. The summed E-state index contributed by atoms with van der Waals surface area (Å²) in [5, 5.41) is 0.848. The van der Waals surface area contributed by atoms with E-state index in [0.717, 1.165) is 12.1 Å². The average Bonchev–Trinajstić information content (AvgIpc) is 2.46. The Balaban J connectivity index is 2.53. The minimum Gasteiger partial charge on any atom is -0.481 e. The van der Waals surface area contributed by atoms with Crippen molar-refractivity contribution >= 4 is 21.8 Å². The van der Waals surface area contributed by atoms with Crippen LogP contribution in [0.5, 0.6) is 5.88 Å². The largest absolute Gasteiger partial charge is 0.481 e. The van der Waals surface area contributed by atoms with Crippen molar-refractivity contribution in [3.05, 3.63) is 35.5 Å². The first-order valence-electron chi connectivity index (χ1n) is 7.15. The van der Waals surface area contributed by atoms with Gasteiger partial charge in [-0.25, -0.2) is 22.7 Å². The first-order chi connectivity index (χ1) is 10.6. The SMILES string of the molecule is COc1ncc([C@@H](C)N[S@@](=O)C(C)(C)C)c2cc(F)c(F)cc12. The zero-order valence-electron chi connectivity index (χ0n) is 13.7. The molecule has 0 saturated carbocycles. The van der Waals surface area contributed by atoms with Crippen molar-refractivity contribution in [3.8, 4) is 5.88 Å². The molecule has 2 aromatic rings. The monoisotopic (exact) mass is 342 g/mol. The van der Waals surface area contributed by atoms with Crippen molar-refractivity contribution in [1.29, 1.82) is 0 Å². The van der Waals surface area contributed by atoms with E-state index < -0.39 is 27.4 Å². The van der Waals surface area contributed by atoms with Crippen LogP contribution in [0.25, 0.3) is 10.8 Å². The number of pyridine rings is 1. The Hall–Kier alpha value is -1.60. The molecule has 23 heavy (non-hydrogen) atoms. The third kappa shape index (κ3) is 3.67. The van der Waals surface area contributed by atoms with Crippen LogP contribution in [0.15, 0.2) is 18.3 Å².